The summed E-state index contributed by atoms with van der Waals surface area (Å²) in [6.45, 7) is 0. The Morgan fingerprint density at radius 3 is 2.88 bits per heavy atom. The van der Waals surface area contributed by atoms with Crippen molar-refractivity contribution in [2.75, 3.05) is 5.73 Å². The Balaban J connectivity index is 2.24. The third-order valence-corrected chi connectivity index (χ3v) is 3.14. The second-order valence-corrected chi connectivity index (χ2v) is 4.92. The highest BCUT2D eigenvalue weighted by molar-refractivity contribution is 14.1. The maximum absolute atomic E-state index is 5.90. The van der Waals surface area contributed by atoms with Crippen molar-refractivity contribution in [1.82, 2.24) is 9.97 Å². The number of anilines is 1. The molecule has 0 fully saturated rings. The van der Waals surface area contributed by atoms with Crippen molar-refractivity contribution in [3.63, 3.8) is 0 Å². The van der Waals surface area contributed by atoms with E-state index in [1.54, 1.807) is 6.20 Å². The third-order valence-electron chi connectivity index (χ3n) is 2.07. The zero-order valence-electron chi connectivity index (χ0n) is 8.32. The van der Waals surface area contributed by atoms with Crippen molar-refractivity contribution >= 4 is 40.0 Å². The van der Waals surface area contributed by atoms with Gasteiger partial charge in [0.2, 0.25) is 0 Å². The van der Waals surface area contributed by atoms with E-state index in [0.717, 1.165) is 14.2 Å². The highest BCUT2D eigenvalue weighted by atomic mass is 127. The van der Waals surface area contributed by atoms with Gasteiger partial charge in [0.1, 0.15) is 11.6 Å². The minimum Gasteiger partial charge on any atom is -0.383 e. The Morgan fingerprint density at radius 2 is 2.19 bits per heavy atom. The first-order valence-electron chi connectivity index (χ1n) is 4.66. The van der Waals surface area contributed by atoms with E-state index in [2.05, 4.69) is 32.6 Å². The van der Waals surface area contributed by atoms with E-state index in [0.29, 0.717) is 18.1 Å². The number of hydrogen-bond donors (Lipinski definition) is 1. The van der Waals surface area contributed by atoms with Gasteiger partial charge in [-0.1, -0.05) is 23.7 Å². The summed E-state index contributed by atoms with van der Waals surface area (Å²) in [5.41, 5.74) is 6.80. The molecule has 82 valence electrons. The van der Waals surface area contributed by atoms with Crippen LogP contribution in [0.15, 0.2) is 30.5 Å². The van der Waals surface area contributed by atoms with Crippen molar-refractivity contribution in [3.8, 4) is 0 Å². The van der Waals surface area contributed by atoms with Crippen molar-refractivity contribution in [2.24, 2.45) is 0 Å². The zero-order chi connectivity index (χ0) is 11.5. The fourth-order valence-corrected chi connectivity index (χ4v) is 1.81. The monoisotopic (exact) mass is 345 g/mol. The van der Waals surface area contributed by atoms with E-state index in [4.69, 9.17) is 17.3 Å². The molecule has 0 aliphatic rings. The molecule has 16 heavy (non-hydrogen) atoms. The zero-order valence-corrected chi connectivity index (χ0v) is 11.2. The van der Waals surface area contributed by atoms with Crippen LogP contribution in [0.5, 0.6) is 0 Å². The predicted molar refractivity (Wildman–Crippen MR) is 73.4 cm³/mol. The Bertz CT molecular complexity index is 516. The van der Waals surface area contributed by atoms with Crippen LogP contribution in [0.2, 0.25) is 5.02 Å². The number of hydrogen-bond acceptors (Lipinski definition) is 3. The Labute approximate surface area is 112 Å². The van der Waals surface area contributed by atoms with E-state index in [-0.39, 0.29) is 0 Å². The molecule has 0 bridgehead atoms. The molecule has 2 N–H and O–H groups in total. The summed E-state index contributed by atoms with van der Waals surface area (Å²) in [6, 6.07) is 7.64. The van der Waals surface area contributed by atoms with E-state index >= 15 is 0 Å². The fourth-order valence-electron chi connectivity index (χ4n) is 1.33. The summed E-state index contributed by atoms with van der Waals surface area (Å²) in [6.07, 6.45) is 2.37. The number of nitrogen functional groups attached to an aromatic ring is 1. The summed E-state index contributed by atoms with van der Waals surface area (Å²) >= 11 is 8.01. The first-order chi connectivity index (χ1) is 7.65. The Morgan fingerprint density at radius 1 is 1.38 bits per heavy atom. The first kappa shape index (κ1) is 11.6. The molecular formula is C11H9ClIN3. The molecule has 0 spiro atoms. The summed E-state index contributed by atoms with van der Waals surface area (Å²) in [7, 11) is 0. The normalized spacial score (nSPS) is 10.4. The molecule has 1 aromatic heterocycles. The smallest absolute Gasteiger partial charge is 0.140 e. The molecule has 0 radical (unpaired) electrons. The van der Waals surface area contributed by atoms with Crippen LogP contribution in [0.1, 0.15) is 11.4 Å². The largest absolute Gasteiger partial charge is 0.383 e. The molecule has 3 nitrogen and oxygen atoms in total. The van der Waals surface area contributed by atoms with Gasteiger partial charge >= 0.3 is 0 Å². The van der Waals surface area contributed by atoms with Crippen LogP contribution in [0.3, 0.4) is 0 Å². The average Bonchev–Trinajstić information content (AvgIpc) is 2.24. The van der Waals surface area contributed by atoms with Crippen LogP contribution in [0.4, 0.5) is 5.82 Å². The topological polar surface area (TPSA) is 51.8 Å². The quantitative estimate of drug-likeness (QED) is 0.852. The summed E-state index contributed by atoms with van der Waals surface area (Å²) in [5.74, 6) is 1.23. The molecule has 1 heterocycles. The summed E-state index contributed by atoms with van der Waals surface area (Å²) in [5, 5.41) is 0.719. The van der Waals surface area contributed by atoms with Crippen LogP contribution in [0.25, 0.3) is 0 Å². The van der Waals surface area contributed by atoms with Crippen molar-refractivity contribution in [2.45, 2.75) is 6.42 Å². The molecule has 0 saturated heterocycles. The van der Waals surface area contributed by atoms with Gasteiger partial charge in [-0.2, -0.15) is 0 Å². The van der Waals surface area contributed by atoms with E-state index < -0.39 is 0 Å². The van der Waals surface area contributed by atoms with Crippen LogP contribution < -0.4 is 5.73 Å². The lowest BCUT2D eigenvalue weighted by atomic mass is 10.1. The van der Waals surface area contributed by atoms with E-state index in [1.165, 1.54) is 0 Å². The summed E-state index contributed by atoms with van der Waals surface area (Å²) < 4.78 is 0.868. The fraction of sp³-hybridized carbons (Fsp3) is 0.0909. The second-order valence-electron chi connectivity index (χ2n) is 3.33. The van der Waals surface area contributed by atoms with Gasteiger partial charge in [0.05, 0.1) is 3.57 Å². The molecule has 5 heteroatoms. The number of aromatic nitrogens is 2. The molecule has 2 rings (SSSR count). The maximum Gasteiger partial charge on any atom is 0.140 e. The average molecular weight is 346 g/mol. The van der Waals surface area contributed by atoms with Gasteiger partial charge in [0, 0.05) is 17.6 Å². The number of rotatable bonds is 2. The Kier molecular flexibility index (Phi) is 3.60. The molecule has 0 saturated carbocycles. The third kappa shape index (κ3) is 2.82. The van der Waals surface area contributed by atoms with Crippen LogP contribution in [0, 0.1) is 3.57 Å². The Hall–Kier alpha value is -0.880. The van der Waals surface area contributed by atoms with Crippen LogP contribution in [-0.2, 0) is 6.42 Å². The van der Waals surface area contributed by atoms with Crippen LogP contribution >= 0.6 is 34.2 Å². The summed E-state index contributed by atoms with van der Waals surface area (Å²) in [4.78, 5) is 8.44. The van der Waals surface area contributed by atoms with E-state index in [1.807, 2.05) is 24.3 Å². The molecule has 2 aromatic rings. The van der Waals surface area contributed by atoms with Crippen molar-refractivity contribution in [3.05, 3.63) is 50.4 Å². The molecule has 0 unspecified atom stereocenters. The molecular weight excluding hydrogens is 336 g/mol. The minimum absolute atomic E-state index is 0.521. The van der Waals surface area contributed by atoms with E-state index in [9.17, 15) is 0 Å². The molecule has 0 aliphatic heterocycles. The van der Waals surface area contributed by atoms with Crippen LogP contribution in [-0.4, -0.2) is 9.97 Å². The van der Waals surface area contributed by atoms with Gasteiger partial charge in [-0.3, -0.25) is 0 Å². The highest BCUT2D eigenvalue weighted by Gasteiger charge is 2.03. The second kappa shape index (κ2) is 4.97. The molecule has 1 aromatic carbocycles. The minimum atomic E-state index is 0.521. The van der Waals surface area contributed by atoms with Gasteiger partial charge in [-0.05, 0) is 40.3 Å². The van der Waals surface area contributed by atoms with Gasteiger partial charge in [0.15, 0.2) is 0 Å². The van der Waals surface area contributed by atoms with Gasteiger partial charge in [-0.25, -0.2) is 9.97 Å². The maximum atomic E-state index is 5.90. The van der Waals surface area contributed by atoms with Gasteiger partial charge < -0.3 is 5.73 Å². The lowest BCUT2D eigenvalue weighted by molar-refractivity contribution is 0.968. The molecule has 0 atom stereocenters. The number of benzene rings is 1. The number of halogens is 2. The van der Waals surface area contributed by atoms with Gasteiger partial charge in [-0.15, -0.1) is 0 Å². The van der Waals surface area contributed by atoms with Crippen molar-refractivity contribution < 1.29 is 0 Å². The van der Waals surface area contributed by atoms with Crippen molar-refractivity contribution in [1.29, 1.82) is 0 Å². The predicted octanol–water partition coefficient (Wildman–Crippen LogP) is 2.91. The lowest BCUT2D eigenvalue weighted by Gasteiger charge is -2.03. The highest BCUT2D eigenvalue weighted by Crippen LogP contribution is 2.15. The number of nitrogens with zero attached hydrogens (tertiary/aromatic N) is 2. The molecule has 0 aliphatic carbocycles. The van der Waals surface area contributed by atoms with Gasteiger partial charge in [0.25, 0.3) is 0 Å². The first-order valence-corrected chi connectivity index (χ1v) is 6.12. The SMILES string of the molecule is Nc1nc(Cc2cccc(Cl)c2)ncc1I. The number of nitrogens with two attached hydrogens (primary N) is 1. The lowest BCUT2D eigenvalue weighted by Crippen LogP contribution is -2.02. The standard InChI is InChI=1S/C11H9ClIN3/c12-8-3-1-2-7(4-8)5-10-15-6-9(13)11(14)16-10/h1-4,6H,5H2,(H2,14,15,16). The molecule has 0 amide bonds.